The Hall–Kier alpha value is -2.39. The standard InChI is InChI=1S/C19H30N6O2S/c1-6-20-18(22-14-19(2,3)24-28(5,26)27)25(4)13-17-21-12-16(23-17)15-10-8-7-9-11-15/h7-12,24H,6,13-14H2,1-5H3,(H,20,22)(H,21,23). The summed E-state index contributed by atoms with van der Waals surface area (Å²) in [7, 11) is -1.38. The Balaban J connectivity index is 2.08. The highest BCUT2D eigenvalue weighted by Gasteiger charge is 2.22. The molecule has 0 aliphatic carbocycles. The average Bonchev–Trinajstić information content (AvgIpc) is 3.05. The molecule has 0 fully saturated rings. The van der Waals surface area contributed by atoms with E-state index in [0.717, 1.165) is 23.3 Å². The Morgan fingerprint density at radius 1 is 1.29 bits per heavy atom. The van der Waals surface area contributed by atoms with Crippen molar-refractivity contribution in [2.75, 3.05) is 26.4 Å². The van der Waals surface area contributed by atoms with E-state index < -0.39 is 15.6 Å². The van der Waals surface area contributed by atoms with Gasteiger partial charge < -0.3 is 15.2 Å². The molecule has 1 heterocycles. The highest BCUT2D eigenvalue weighted by molar-refractivity contribution is 7.88. The van der Waals surface area contributed by atoms with Crippen molar-refractivity contribution < 1.29 is 8.42 Å². The maximum Gasteiger partial charge on any atom is 0.209 e. The lowest BCUT2D eigenvalue weighted by Gasteiger charge is -2.26. The molecule has 0 saturated carbocycles. The van der Waals surface area contributed by atoms with E-state index >= 15 is 0 Å². The fraction of sp³-hybridized carbons (Fsp3) is 0.474. The largest absolute Gasteiger partial charge is 0.357 e. The number of aromatic amines is 1. The second-order valence-corrected chi connectivity index (χ2v) is 9.14. The van der Waals surface area contributed by atoms with Gasteiger partial charge in [0.05, 0.1) is 31.2 Å². The molecule has 0 spiro atoms. The molecule has 0 saturated heterocycles. The van der Waals surface area contributed by atoms with Gasteiger partial charge in [-0.15, -0.1) is 0 Å². The van der Waals surface area contributed by atoms with Crippen molar-refractivity contribution in [1.82, 2.24) is 24.9 Å². The molecule has 0 amide bonds. The van der Waals surface area contributed by atoms with Crippen LogP contribution in [0.4, 0.5) is 0 Å². The van der Waals surface area contributed by atoms with E-state index in [-0.39, 0.29) is 0 Å². The molecule has 154 valence electrons. The summed E-state index contributed by atoms with van der Waals surface area (Å²) in [4.78, 5) is 14.3. The molecule has 2 rings (SSSR count). The van der Waals surface area contributed by atoms with Gasteiger partial charge in [-0.25, -0.2) is 18.1 Å². The van der Waals surface area contributed by atoms with Crippen molar-refractivity contribution in [3.05, 3.63) is 42.4 Å². The van der Waals surface area contributed by atoms with Gasteiger partial charge in [0.25, 0.3) is 0 Å². The van der Waals surface area contributed by atoms with Crippen LogP contribution in [0.25, 0.3) is 11.3 Å². The molecule has 1 aromatic heterocycles. The number of benzene rings is 1. The molecular formula is C19H30N6O2S. The summed E-state index contributed by atoms with van der Waals surface area (Å²) in [6.07, 6.45) is 2.97. The smallest absolute Gasteiger partial charge is 0.209 e. The molecule has 0 aliphatic heterocycles. The summed E-state index contributed by atoms with van der Waals surface area (Å²) in [5, 5.41) is 3.23. The first-order valence-electron chi connectivity index (χ1n) is 9.17. The molecule has 0 bridgehead atoms. The number of sulfonamides is 1. The highest BCUT2D eigenvalue weighted by atomic mass is 32.2. The highest BCUT2D eigenvalue weighted by Crippen LogP contribution is 2.16. The molecule has 1 aromatic carbocycles. The maximum atomic E-state index is 11.5. The van der Waals surface area contributed by atoms with E-state index in [4.69, 9.17) is 0 Å². The van der Waals surface area contributed by atoms with Gasteiger partial charge in [-0.2, -0.15) is 0 Å². The zero-order valence-electron chi connectivity index (χ0n) is 17.2. The van der Waals surface area contributed by atoms with Crippen LogP contribution in [-0.4, -0.2) is 61.2 Å². The van der Waals surface area contributed by atoms with E-state index in [0.29, 0.717) is 25.6 Å². The van der Waals surface area contributed by atoms with E-state index in [9.17, 15) is 8.42 Å². The fourth-order valence-corrected chi connectivity index (χ4v) is 3.85. The second kappa shape index (κ2) is 9.20. The van der Waals surface area contributed by atoms with E-state index in [1.54, 1.807) is 13.8 Å². The lowest BCUT2D eigenvalue weighted by Crippen LogP contribution is -2.47. The minimum atomic E-state index is -3.30. The van der Waals surface area contributed by atoms with Crippen LogP contribution in [0.2, 0.25) is 0 Å². The van der Waals surface area contributed by atoms with Crippen LogP contribution in [0.3, 0.4) is 0 Å². The zero-order chi connectivity index (χ0) is 20.8. The lowest BCUT2D eigenvalue weighted by molar-refractivity contribution is 0.441. The number of guanidine groups is 1. The van der Waals surface area contributed by atoms with Crippen molar-refractivity contribution in [1.29, 1.82) is 0 Å². The third-order valence-corrected chi connectivity index (χ3v) is 4.81. The summed E-state index contributed by atoms with van der Waals surface area (Å²) in [6.45, 7) is 7.15. The third kappa shape index (κ3) is 6.97. The Bertz CT molecular complexity index is 890. The van der Waals surface area contributed by atoms with Gasteiger partial charge in [0.1, 0.15) is 5.82 Å². The number of imidazole rings is 1. The lowest BCUT2D eigenvalue weighted by atomic mass is 10.1. The van der Waals surface area contributed by atoms with Crippen molar-refractivity contribution in [2.45, 2.75) is 32.9 Å². The van der Waals surface area contributed by atoms with Gasteiger partial charge in [-0.3, -0.25) is 4.99 Å². The molecule has 8 nitrogen and oxygen atoms in total. The van der Waals surface area contributed by atoms with Crippen LogP contribution in [-0.2, 0) is 16.6 Å². The van der Waals surface area contributed by atoms with Crippen LogP contribution in [0.1, 0.15) is 26.6 Å². The second-order valence-electron chi connectivity index (χ2n) is 7.39. The molecule has 0 radical (unpaired) electrons. The van der Waals surface area contributed by atoms with Crippen LogP contribution >= 0.6 is 0 Å². The Kier molecular flexibility index (Phi) is 7.20. The van der Waals surface area contributed by atoms with Crippen molar-refractivity contribution in [3.8, 4) is 11.3 Å². The minimum Gasteiger partial charge on any atom is -0.357 e. The first-order chi connectivity index (χ1) is 13.1. The van der Waals surface area contributed by atoms with Crippen molar-refractivity contribution in [3.63, 3.8) is 0 Å². The number of aromatic nitrogens is 2. The predicted octanol–water partition coefficient (Wildman–Crippen LogP) is 1.80. The normalized spacial score (nSPS) is 12.8. The SMILES string of the molecule is CCNC(=NCC(C)(C)NS(C)(=O)=O)N(C)Cc1ncc(-c2ccccc2)[nH]1. The quantitative estimate of drug-likeness (QED) is 0.458. The summed E-state index contributed by atoms with van der Waals surface area (Å²) >= 11 is 0. The third-order valence-electron chi connectivity index (χ3n) is 3.88. The zero-order valence-corrected chi connectivity index (χ0v) is 18.0. The van der Waals surface area contributed by atoms with E-state index in [1.165, 1.54) is 0 Å². The number of hydrogen-bond donors (Lipinski definition) is 3. The number of hydrogen-bond acceptors (Lipinski definition) is 4. The van der Waals surface area contributed by atoms with Gasteiger partial charge in [-0.1, -0.05) is 30.3 Å². The van der Waals surface area contributed by atoms with E-state index in [1.807, 2.05) is 55.4 Å². The van der Waals surface area contributed by atoms with Crippen molar-refractivity contribution in [2.24, 2.45) is 4.99 Å². The van der Waals surface area contributed by atoms with Gasteiger partial charge in [0.15, 0.2) is 5.96 Å². The first-order valence-corrected chi connectivity index (χ1v) is 11.1. The molecule has 0 atom stereocenters. The number of nitrogens with one attached hydrogen (secondary N) is 3. The molecule has 0 unspecified atom stereocenters. The number of rotatable bonds is 8. The van der Waals surface area contributed by atoms with Crippen molar-refractivity contribution >= 4 is 16.0 Å². The Labute approximate surface area is 167 Å². The Morgan fingerprint density at radius 3 is 2.57 bits per heavy atom. The van der Waals surface area contributed by atoms with Gasteiger partial charge >= 0.3 is 0 Å². The van der Waals surface area contributed by atoms with Crippen LogP contribution < -0.4 is 10.0 Å². The Morgan fingerprint density at radius 2 is 1.96 bits per heavy atom. The number of aliphatic imine (C=N–C) groups is 1. The number of nitrogens with zero attached hydrogens (tertiary/aromatic N) is 3. The monoisotopic (exact) mass is 406 g/mol. The molecule has 2 aromatic rings. The fourth-order valence-electron chi connectivity index (χ4n) is 2.78. The summed E-state index contributed by atoms with van der Waals surface area (Å²) in [6, 6.07) is 10.0. The topological polar surface area (TPSA) is 102 Å². The van der Waals surface area contributed by atoms with Gasteiger partial charge in [0.2, 0.25) is 10.0 Å². The van der Waals surface area contributed by atoms with Crippen LogP contribution in [0.15, 0.2) is 41.5 Å². The summed E-state index contributed by atoms with van der Waals surface area (Å²) in [5.41, 5.74) is 1.36. The maximum absolute atomic E-state index is 11.5. The molecular weight excluding hydrogens is 376 g/mol. The van der Waals surface area contributed by atoms with Crippen LogP contribution in [0, 0.1) is 0 Å². The number of H-pyrrole nitrogens is 1. The van der Waals surface area contributed by atoms with Gasteiger partial charge in [0, 0.05) is 19.1 Å². The summed E-state index contributed by atoms with van der Waals surface area (Å²) < 4.78 is 25.6. The average molecular weight is 407 g/mol. The van der Waals surface area contributed by atoms with E-state index in [2.05, 4.69) is 25.0 Å². The van der Waals surface area contributed by atoms with Crippen LogP contribution in [0.5, 0.6) is 0 Å². The molecule has 0 aliphatic rings. The minimum absolute atomic E-state index is 0.306. The van der Waals surface area contributed by atoms with Gasteiger partial charge in [-0.05, 0) is 26.3 Å². The molecule has 9 heteroatoms. The predicted molar refractivity (Wildman–Crippen MR) is 114 cm³/mol. The molecule has 3 N–H and O–H groups in total. The summed E-state index contributed by atoms with van der Waals surface area (Å²) in [5.74, 6) is 1.50. The first kappa shape index (κ1) is 21.9. The molecule has 28 heavy (non-hydrogen) atoms.